The van der Waals surface area contributed by atoms with Crippen molar-refractivity contribution in [1.82, 2.24) is 10.3 Å². The van der Waals surface area contributed by atoms with Crippen molar-refractivity contribution in [3.8, 4) is 0 Å². The Kier molecular flexibility index (Phi) is 3.52. The first-order valence-corrected chi connectivity index (χ1v) is 9.04. The zero-order valence-electron chi connectivity index (χ0n) is 12.6. The standard InChI is InChI=1S/C16H11ClN4O3S/c17-11-7-8-14(16-15(11)19-24-20-16)25(22,23)21-13-6-2-3-9-10(13)4-1-5-12(9)18/h1-8,21H,18H2. The van der Waals surface area contributed by atoms with Gasteiger partial charge in [0.1, 0.15) is 4.90 Å². The van der Waals surface area contributed by atoms with Crippen molar-refractivity contribution in [2.75, 3.05) is 10.5 Å². The molecule has 7 nitrogen and oxygen atoms in total. The molecular formula is C16H11ClN4O3S. The molecule has 1 heterocycles. The van der Waals surface area contributed by atoms with Crippen molar-refractivity contribution in [1.29, 1.82) is 0 Å². The molecule has 4 aromatic rings. The van der Waals surface area contributed by atoms with E-state index >= 15 is 0 Å². The van der Waals surface area contributed by atoms with Gasteiger partial charge in [0, 0.05) is 16.5 Å². The third-order valence-electron chi connectivity index (χ3n) is 3.82. The highest BCUT2D eigenvalue weighted by Crippen LogP contribution is 2.31. The zero-order valence-corrected chi connectivity index (χ0v) is 14.2. The van der Waals surface area contributed by atoms with E-state index in [1.54, 1.807) is 30.3 Å². The van der Waals surface area contributed by atoms with Crippen LogP contribution in [0, 0.1) is 0 Å². The molecule has 0 saturated heterocycles. The molecule has 0 atom stereocenters. The fraction of sp³-hybridized carbons (Fsp3) is 0. The van der Waals surface area contributed by atoms with Crippen LogP contribution < -0.4 is 10.5 Å². The molecular weight excluding hydrogens is 364 g/mol. The molecule has 3 aromatic carbocycles. The van der Waals surface area contributed by atoms with Gasteiger partial charge < -0.3 is 5.73 Å². The van der Waals surface area contributed by atoms with Crippen molar-refractivity contribution in [2.24, 2.45) is 0 Å². The van der Waals surface area contributed by atoms with Crippen LogP contribution >= 0.6 is 11.6 Å². The minimum absolute atomic E-state index is 0.0692. The van der Waals surface area contributed by atoms with E-state index in [9.17, 15) is 8.42 Å². The van der Waals surface area contributed by atoms with Gasteiger partial charge in [0.2, 0.25) is 0 Å². The summed E-state index contributed by atoms with van der Waals surface area (Å²) in [6.45, 7) is 0. The lowest BCUT2D eigenvalue weighted by Crippen LogP contribution is -2.14. The fourth-order valence-corrected chi connectivity index (χ4v) is 4.05. The molecule has 0 aliphatic heterocycles. The Morgan fingerprint density at radius 1 is 0.960 bits per heavy atom. The number of hydrogen-bond donors (Lipinski definition) is 2. The maximum Gasteiger partial charge on any atom is 0.264 e. The van der Waals surface area contributed by atoms with Gasteiger partial charge in [-0.1, -0.05) is 35.9 Å². The van der Waals surface area contributed by atoms with Gasteiger partial charge in [-0.2, -0.15) is 0 Å². The highest BCUT2D eigenvalue weighted by Gasteiger charge is 2.23. The van der Waals surface area contributed by atoms with Crippen LogP contribution in [0.4, 0.5) is 11.4 Å². The van der Waals surface area contributed by atoms with E-state index in [1.165, 1.54) is 12.1 Å². The molecule has 0 aliphatic rings. The first-order valence-electron chi connectivity index (χ1n) is 7.18. The Morgan fingerprint density at radius 2 is 1.68 bits per heavy atom. The van der Waals surface area contributed by atoms with Crippen LogP contribution in [0.3, 0.4) is 0 Å². The lowest BCUT2D eigenvalue weighted by molar-refractivity contribution is 0.315. The van der Waals surface area contributed by atoms with Gasteiger partial charge in [0.25, 0.3) is 10.0 Å². The molecule has 0 unspecified atom stereocenters. The van der Waals surface area contributed by atoms with Crippen LogP contribution in [0.15, 0.2) is 58.1 Å². The topological polar surface area (TPSA) is 111 Å². The second-order valence-corrected chi connectivity index (χ2v) is 7.42. The lowest BCUT2D eigenvalue weighted by atomic mass is 10.1. The van der Waals surface area contributed by atoms with Crippen LogP contribution in [-0.4, -0.2) is 18.7 Å². The number of sulfonamides is 1. The van der Waals surface area contributed by atoms with E-state index in [-0.39, 0.29) is 21.0 Å². The van der Waals surface area contributed by atoms with Crippen LogP contribution in [0.2, 0.25) is 5.02 Å². The number of benzene rings is 3. The second kappa shape index (κ2) is 5.61. The van der Waals surface area contributed by atoms with E-state index in [0.717, 1.165) is 5.39 Å². The molecule has 3 N–H and O–H groups in total. The molecule has 9 heteroatoms. The van der Waals surface area contributed by atoms with Crippen molar-refractivity contribution >= 4 is 54.8 Å². The number of nitrogen functional groups attached to an aromatic ring is 1. The Morgan fingerprint density at radius 3 is 2.52 bits per heavy atom. The number of nitrogens with one attached hydrogen (secondary N) is 1. The smallest absolute Gasteiger partial charge is 0.264 e. The van der Waals surface area contributed by atoms with E-state index in [1.807, 2.05) is 6.07 Å². The van der Waals surface area contributed by atoms with Crippen molar-refractivity contribution in [3.05, 3.63) is 53.6 Å². The van der Waals surface area contributed by atoms with Crippen LogP contribution in [0.1, 0.15) is 0 Å². The predicted octanol–water partition coefficient (Wildman–Crippen LogP) is 3.41. The Bertz CT molecular complexity index is 1220. The fourth-order valence-electron chi connectivity index (χ4n) is 2.65. The molecule has 0 radical (unpaired) electrons. The molecule has 0 saturated carbocycles. The molecule has 0 amide bonds. The summed E-state index contributed by atoms with van der Waals surface area (Å²) in [5.41, 5.74) is 7.18. The van der Waals surface area contributed by atoms with Crippen molar-refractivity contribution < 1.29 is 13.0 Å². The normalized spacial score (nSPS) is 11.9. The average molecular weight is 375 g/mol. The highest BCUT2D eigenvalue weighted by molar-refractivity contribution is 7.93. The summed E-state index contributed by atoms with van der Waals surface area (Å²) in [6.07, 6.45) is 0. The molecule has 126 valence electrons. The van der Waals surface area contributed by atoms with Gasteiger partial charge in [-0.15, -0.1) is 0 Å². The summed E-state index contributed by atoms with van der Waals surface area (Å²) in [6, 6.07) is 13.3. The number of hydrogen-bond acceptors (Lipinski definition) is 6. The van der Waals surface area contributed by atoms with Gasteiger partial charge in [0.05, 0.1) is 10.7 Å². The van der Waals surface area contributed by atoms with Gasteiger partial charge in [-0.3, -0.25) is 4.72 Å². The summed E-state index contributed by atoms with van der Waals surface area (Å²) >= 11 is 5.98. The first-order chi connectivity index (χ1) is 12.0. The van der Waals surface area contributed by atoms with Crippen molar-refractivity contribution in [2.45, 2.75) is 4.90 Å². The maximum atomic E-state index is 12.9. The maximum absolute atomic E-state index is 12.9. The molecule has 0 aliphatic carbocycles. The number of anilines is 2. The number of fused-ring (bicyclic) bond motifs is 2. The van der Waals surface area contributed by atoms with Gasteiger partial charge in [0.15, 0.2) is 11.0 Å². The van der Waals surface area contributed by atoms with Gasteiger partial charge >= 0.3 is 0 Å². The molecule has 25 heavy (non-hydrogen) atoms. The largest absolute Gasteiger partial charge is 0.398 e. The Labute approximate surface area is 147 Å². The Hall–Kier alpha value is -2.84. The van der Waals surface area contributed by atoms with Gasteiger partial charge in [-0.05, 0) is 34.6 Å². The molecule has 1 aromatic heterocycles. The van der Waals surface area contributed by atoms with Crippen LogP contribution in [0.5, 0.6) is 0 Å². The van der Waals surface area contributed by atoms with E-state index in [0.29, 0.717) is 16.8 Å². The number of aromatic nitrogens is 2. The minimum Gasteiger partial charge on any atom is -0.398 e. The quantitative estimate of drug-likeness (QED) is 0.531. The average Bonchev–Trinajstić information content (AvgIpc) is 3.06. The monoisotopic (exact) mass is 374 g/mol. The van der Waals surface area contributed by atoms with E-state index in [2.05, 4.69) is 19.7 Å². The third-order valence-corrected chi connectivity index (χ3v) is 5.52. The van der Waals surface area contributed by atoms with Crippen LogP contribution in [-0.2, 0) is 10.0 Å². The summed E-state index contributed by atoms with van der Waals surface area (Å²) in [5, 5.41) is 8.99. The zero-order chi connectivity index (χ0) is 17.6. The molecule has 0 bridgehead atoms. The lowest BCUT2D eigenvalue weighted by Gasteiger charge is -2.12. The predicted molar refractivity (Wildman–Crippen MR) is 96.0 cm³/mol. The second-order valence-electron chi connectivity index (χ2n) is 5.36. The molecule has 4 rings (SSSR count). The summed E-state index contributed by atoms with van der Waals surface area (Å²) < 4.78 is 32.9. The number of halogens is 1. The minimum atomic E-state index is -3.94. The van der Waals surface area contributed by atoms with Crippen molar-refractivity contribution in [3.63, 3.8) is 0 Å². The van der Waals surface area contributed by atoms with Gasteiger partial charge in [-0.25, -0.2) is 13.0 Å². The summed E-state index contributed by atoms with van der Waals surface area (Å²) in [5.74, 6) is 0. The van der Waals surface area contributed by atoms with Crippen LogP contribution in [0.25, 0.3) is 21.8 Å². The number of rotatable bonds is 3. The first kappa shape index (κ1) is 15.7. The number of nitrogens with zero attached hydrogens (tertiary/aromatic N) is 2. The molecule has 0 fully saturated rings. The highest BCUT2D eigenvalue weighted by atomic mass is 35.5. The van der Waals surface area contributed by atoms with E-state index < -0.39 is 10.0 Å². The van der Waals surface area contributed by atoms with E-state index in [4.69, 9.17) is 17.3 Å². The third kappa shape index (κ3) is 2.55. The summed E-state index contributed by atoms with van der Waals surface area (Å²) in [4.78, 5) is -0.0749. The SMILES string of the molecule is Nc1cccc2c(NS(=O)(=O)c3ccc(Cl)c4nonc34)cccc12. The Balaban J connectivity index is 1.86. The molecule has 0 spiro atoms. The number of nitrogens with two attached hydrogens (primary N) is 1. The summed E-state index contributed by atoms with van der Waals surface area (Å²) in [7, 11) is -3.94.